The van der Waals surface area contributed by atoms with E-state index in [9.17, 15) is 0 Å². The highest BCUT2D eigenvalue weighted by Crippen LogP contribution is 2.39. The Morgan fingerprint density at radius 2 is 2.31 bits per heavy atom. The van der Waals surface area contributed by atoms with Gasteiger partial charge in [-0.2, -0.15) is 0 Å². The Hall–Kier alpha value is -1.22. The molecule has 0 unspecified atom stereocenters. The number of hydrogen-bond acceptors (Lipinski definition) is 2. The number of halogens is 1. The fraction of sp³-hybridized carbons (Fsp3) is 0.417. The van der Waals surface area contributed by atoms with Gasteiger partial charge in [-0.15, -0.1) is 11.6 Å². The van der Waals surface area contributed by atoms with Crippen LogP contribution in [0.15, 0.2) is 18.2 Å². The molecule has 0 bridgehead atoms. The maximum absolute atomic E-state index is 5.93. The predicted molar refractivity (Wildman–Crippen MR) is 64.1 cm³/mol. The van der Waals surface area contributed by atoms with E-state index in [1.54, 1.807) is 7.11 Å². The van der Waals surface area contributed by atoms with Crippen LogP contribution in [-0.2, 0) is 5.88 Å². The van der Waals surface area contributed by atoms with Gasteiger partial charge in [0.15, 0.2) is 0 Å². The molecule has 0 amide bonds. The molecule has 0 saturated heterocycles. The fourth-order valence-corrected chi connectivity index (χ4v) is 2.27. The van der Waals surface area contributed by atoms with Gasteiger partial charge in [-0.3, -0.25) is 0 Å². The number of nitrogens with zero attached hydrogens (tertiary/aromatic N) is 2. The van der Waals surface area contributed by atoms with Gasteiger partial charge in [0.05, 0.1) is 24.0 Å². The van der Waals surface area contributed by atoms with E-state index in [-0.39, 0.29) is 0 Å². The van der Waals surface area contributed by atoms with Crippen molar-refractivity contribution in [3.63, 3.8) is 0 Å². The zero-order chi connectivity index (χ0) is 11.1. The summed E-state index contributed by atoms with van der Waals surface area (Å²) in [7, 11) is 1.68. The van der Waals surface area contributed by atoms with E-state index >= 15 is 0 Å². The van der Waals surface area contributed by atoms with Crippen LogP contribution in [0.4, 0.5) is 0 Å². The van der Waals surface area contributed by atoms with Crippen molar-refractivity contribution in [3.05, 3.63) is 24.0 Å². The van der Waals surface area contributed by atoms with Gasteiger partial charge in [0.1, 0.15) is 11.6 Å². The molecule has 3 nitrogen and oxygen atoms in total. The van der Waals surface area contributed by atoms with Crippen molar-refractivity contribution >= 4 is 22.6 Å². The number of fused-ring (bicyclic) bond motifs is 1. The summed E-state index contributed by atoms with van der Waals surface area (Å²) in [5, 5.41) is 0. The summed E-state index contributed by atoms with van der Waals surface area (Å²) in [6.45, 7) is 0. The first kappa shape index (κ1) is 9.97. The highest BCUT2D eigenvalue weighted by atomic mass is 35.5. The van der Waals surface area contributed by atoms with Crippen LogP contribution >= 0.6 is 11.6 Å². The molecule has 0 N–H and O–H groups in total. The number of alkyl halides is 1. The molecular formula is C12H13ClN2O. The minimum atomic E-state index is 0.466. The van der Waals surface area contributed by atoms with Crippen molar-refractivity contribution < 1.29 is 4.74 Å². The van der Waals surface area contributed by atoms with Gasteiger partial charge in [0, 0.05) is 12.1 Å². The van der Waals surface area contributed by atoms with E-state index in [1.165, 1.54) is 12.8 Å². The van der Waals surface area contributed by atoms with Gasteiger partial charge < -0.3 is 9.30 Å². The van der Waals surface area contributed by atoms with Crippen molar-refractivity contribution in [2.24, 2.45) is 0 Å². The number of imidazole rings is 1. The van der Waals surface area contributed by atoms with Crippen molar-refractivity contribution in [1.29, 1.82) is 0 Å². The van der Waals surface area contributed by atoms with Crippen molar-refractivity contribution in [1.82, 2.24) is 9.55 Å². The summed E-state index contributed by atoms with van der Waals surface area (Å²) in [6, 6.07) is 6.55. The van der Waals surface area contributed by atoms with Crippen LogP contribution in [0.3, 0.4) is 0 Å². The third kappa shape index (κ3) is 1.47. The Bertz CT molecular complexity index is 531. The second kappa shape index (κ2) is 3.67. The van der Waals surface area contributed by atoms with Crippen LogP contribution < -0.4 is 4.74 Å². The molecule has 16 heavy (non-hydrogen) atoms. The second-order valence-corrected chi connectivity index (χ2v) is 4.38. The minimum Gasteiger partial charge on any atom is -0.497 e. The maximum Gasteiger partial charge on any atom is 0.125 e. The first-order chi connectivity index (χ1) is 7.83. The molecule has 1 aromatic carbocycles. The number of aromatic nitrogens is 2. The lowest BCUT2D eigenvalue weighted by Gasteiger charge is -2.05. The summed E-state index contributed by atoms with van der Waals surface area (Å²) in [5.41, 5.74) is 2.14. The minimum absolute atomic E-state index is 0.466. The third-order valence-corrected chi connectivity index (χ3v) is 3.24. The number of benzene rings is 1. The molecule has 0 radical (unpaired) electrons. The molecule has 4 heteroatoms. The third-order valence-electron chi connectivity index (χ3n) is 3.00. The number of methoxy groups -OCH3 is 1. The lowest BCUT2D eigenvalue weighted by atomic mass is 10.3. The van der Waals surface area contributed by atoms with Gasteiger partial charge in [0.25, 0.3) is 0 Å². The largest absolute Gasteiger partial charge is 0.497 e. The summed E-state index contributed by atoms with van der Waals surface area (Å²) in [4.78, 5) is 4.54. The van der Waals surface area contributed by atoms with E-state index in [4.69, 9.17) is 16.3 Å². The van der Waals surface area contributed by atoms with Crippen molar-refractivity contribution in [2.75, 3.05) is 7.11 Å². The van der Waals surface area contributed by atoms with E-state index in [0.29, 0.717) is 11.9 Å². The number of rotatable bonds is 3. The van der Waals surface area contributed by atoms with E-state index < -0.39 is 0 Å². The zero-order valence-electron chi connectivity index (χ0n) is 9.11. The predicted octanol–water partition coefficient (Wildman–Crippen LogP) is 3.12. The Labute approximate surface area is 99.0 Å². The van der Waals surface area contributed by atoms with E-state index in [1.807, 2.05) is 18.2 Å². The lowest BCUT2D eigenvalue weighted by molar-refractivity contribution is 0.415. The van der Waals surface area contributed by atoms with Crippen LogP contribution in [-0.4, -0.2) is 16.7 Å². The summed E-state index contributed by atoms with van der Waals surface area (Å²) in [6.07, 6.45) is 2.46. The Morgan fingerprint density at radius 1 is 1.50 bits per heavy atom. The smallest absolute Gasteiger partial charge is 0.125 e. The molecule has 1 aliphatic rings. The first-order valence-corrected chi connectivity index (χ1v) is 5.97. The SMILES string of the molecule is COc1ccc2nc(CCl)n(C3CC3)c2c1. The Kier molecular flexibility index (Phi) is 2.28. The second-order valence-electron chi connectivity index (χ2n) is 4.12. The van der Waals surface area contributed by atoms with Crippen LogP contribution in [0.5, 0.6) is 5.75 Å². The number of ether oxygens (including phenoxy) is 1. The standard InChI is InChI=1S/C12H13ClN2O/c1-16-9-4-5-10-11(6-9)15(8-2-3-8)12(7-13)14-10/h4-6,8H,2-3,7H2,1H3. The summed E-state index contributed by atoms with van der Waals surface area (Å²) < 4.78 is 7.50. The van der Waals surface area contributed by atoms with Gasteiger partial charge >= 0.3 is 0 Å². The molecule has 0 aliphatic heterocycles. The first-order valence-electron chi connectivity index (χ1n) is 5.44. The van der Waals surface area contributed by atoms with Crippen molar-refractivity contribution in [3.8, 4) is 5.75 Å². The Morgan fingerprint density at radius 3 is 2.94 bits per heavy atom. The van der Waals surface area contributed by atoms with Gasteiger partial charge in [0.2, 0.25) is 0 Å². The quantitative estimate of drug-likeness (QED) is 0.766. The van der Waals surface area contributed by atoms with Gasteiger partial charge in [-0.05, 0) is 25.0 Å². The monoisotopic (exact) mass is 236 g/mol. The normalized spacial score (nSPS) is 15.6. The maximum atomic E-state index is 5.93. The van der Waals surface area contributed by atoms with E-state index in [0.717, 1.165) is 22.6 Å². The average Bonchev–Trinajstić information content (AvgIpc) is 3.09. The molecule has 1 aliphatic carbocycles. The van der Waals surface area contributed by atoms with Crippen molar-refractivity contribution in [2.45, 2.75) is 24.8 Å². The molecule has 0 atom stereocenters. The zero-order valence-corrected chi connectivity index (χ0v) is 9.87. The molecule has 0 spiro atoms. The molecule has 1 fully saturated rings. The highest BCUT2D eigenvalue weighted by Gasteiger charge is 2.27. The van der Waals surface area contributed by atoms with Crippen LogP contribution in [0.25, 0.3) is 11.0 Å². The highest BCUT2D eigenvalue weighted by molar-refractivity contribution is 6.16. The molecule has 1 aromatic heterocycles. The van der Waals surface area contributed by atoms with Gasteiger partial charge in [-0.25, -0.2) is 4.98 Å². The molecule has 1 saturated carbocycles. The van der Waals surface area contributed by atoms with Crippen LogP contribution in [0, 0.1) is 0 Å². The van der Waals surface area contributed by atoms with Crippen LogP contribution in [0.2, 0.25) is 0 Å². The molecular weight excluding hydrogens is 224 g/mol. The average molecular weight is 237 g/mol. The molecule has 84 valence electrons. The Balaban J connectivity index is 2.24. The molecule has 2 aromatic rings. The molecule has 1 heterocycles. The van der Waals surface area contributed by atoms with E-state index in [2.05, 4.69) is 9.55 Å². The van der Waals surface area contributed by atoms with Crippen LogP contribution in [0.1, 0.15) is 24.7 Å². The van der Waals surface area contributed by atoms with Gasteiger partial charge in [-0.1, -0.05) is 0 Å². The number of hydrogen-bond donors (Lipinski definition) is 0. The fourth-order valence-electron chi connectivity index (χ4n) is 2.08. The lowest BCUT2D eigenvalue weighted by Crippen LogP contribution is -1.99. The summed E-state index contributed by atoms with van der Waals surface area (Å²) in [5.74, 6) is 2.30. The topological polar surface area (TPSA) is 27.1 Å². The summed E-state index contributed by atoms with van der Waals surface area (Å²) >= 11 is 5.93. The molecule has 3 rings (SSSR count).